The number of carbonyl (C=O) groups is 2. The number of amides is 2. The summed E-state index contributed by atoms with van der Waals surface area (Å²) in [5.74, 6) is -0.958. The van der Waals surface area contributed by atoms with Crippen LogP contribution in [0.2, 0.25) is 0 Å². The molecule has 50 heavy (non-hydrogen) atoms. The first-order valence-corrected chi connectivity index (χ1v) is 18.2. The van der Waals surface area contributed by atoms with Gasteiger partial charge >= 0.3 is 0 Å². The van der Waals surface area contributed by atoms with Gasteiger partial charge in [-0.1, -0.05) is 85.5 Å². The van der Waals surface area contributed by atoms with Crippen molar-refractivity contribution < 1.29 is 31.9 Å². The van der Waals surface area contributed by atoms with Gasteiger partial charge in [0, 0.05) is 30.6 Å². The maximum atomic E-state index is 15.2. The van der Waals surface area contributed by atoms with Gasteiger partial charge in [0.15, 0.2) is 11.5 Å². The summed E-state index contributed by atoms with van der Waals surface area (Å²) in [4.78, 5) is 30.3. The topological polar surface area (TPSA) is 105 Å². The number of rotatable bonds is 14. The van der Waals surface area contributed by atoms with Crippen molar-refractivity contribution in [1.82, 2.24) is 10.2 Å². The van der Waals surface area contributed by atoms with Gasteiger partial charge in [-0.05, 0) is 55.7 Å². The van der Waals surface area contributed by atoms with Crippen molar-refractivity contribution in [3.8, 4) is 11.5 Å². The van der Waals surface area contributed by atoms with Gasteiger partial charge in [0.2, 0.25) is 11.8 Å². The summed E-state index contributed by atoms with van der Waals surface area (Å²) < 4.78 is 55.8. The van der Waals surface area contributed by atoms with Crippen molar-refractivity contribution in [2.75, 3.05) is 25.1 Å². The van der Waals surface area contributed by atoms with Crippen LogP contribution in [0.25, 0.3) is 0 Å². The minimum atomic E-state index is -4.34. The monoisotopic (exact) mass is 701 g/mol. The van der Waals surface area contributed by atoms with Crippen LogP contribution in [0.3, 0.4) is 0 Å². The number of anilines is 1. The predicted molar refractivity (Wildman–Crippen MR) is 191 cm³/mol. The summed E-state index contributed by atoms with van der Waals surface area (Å²) in [6.07, 6.45) is 4.87. The number of benzene rings is 4. The van der Waals surface area contributed by atoms with Crippen molar-refractivity contribution in [3.05, 3.63) is 120 Å². The van der Waals surface area contributed by atoms with E-state index >= 15 is 4.39 Å². The molecule has 0 saturated heterocycles. The van der Waals surface area contributed by atoms with Crippen LogP contribution >= 0.6 is 0 Å². The van der Waals surface area contributed by atoms with Crippen molar-refractivity contribution >= 4 is 27.5 Å². The lowest BCUT2D eigenvalue weighted by molar-refractivity contribution is -0.140. The van der Waals surface area contributed by atoms with Gasteiger partial charge in [-0.3, -0.25) is 13.9 Å². The average molecular weight is 702 g/mol. The third-order valence-corrected chi connectivity index (χ3v) is 10.9. The van der Waals surface area contributed by atoms with Crippen LogP contribution in [0.4, 0.5) is 10.1 Å². The van der Waals surface area contributed by atoms with Gasteiger partial charge in [0.05, 0.1) is 24.8 Å². The standard InChI is InChI=1S/C39H44FN3O6S/c1-28-18-21-33(22-19-28)50(46,47)43(32-20-23-36(48-2)37(25-32)49-3)27-38(44)42(26-30-14-10-11-17-34(30)40)35(24-29-12-6-4-7-13-29)39(45)41-31-15-8-5-9-16-31/h4,6-7,10-14,17-23,25,31,35H,5,8-9,15-16,24,26-27H2,1-3H3,(H,41,45)/t35-/m0/s1. The molecular weight excluding hydrogens is 658 g/mol. The maximum Gasteiger partial charge on any atom is 0.264 e. The van der Waals surface area contributed by atoms with Gasteiger partial charge in [-0.25, -0.2) is 12.8 Å². The normalized spacial score (nSPS) is 14.0. The van der Waals surface area contributed by atoms with E-state index in [4.69, 9.17) is 9.47 Å². The van der Waals surface area contributed by atoms with Gasteiger partial charge in [0.1, 0.15) is 18.4 Å². The number of sulfonamides is 1. The predicted octanol–water partition coefficient (Wildman–Crippen LogP) is 6.44. The van der Waals surface area contributed by atoms with Crippen molar-refractivity contribution in [1.29, 1.82) is 0 Å². The Hall–Kier alpha value is -4.90. The molecule has 1 fully saturated rings. The van der Waals surface area contributed by atoms with E-state index in [9.17, 15) is 18.0 Å². The van der Waals surface area contributed by atoms with E-state index in [0.717, 1.165) is 47.5 Å². The highest BCUT2D eigenvalue weighted by molar-refractivity contribution is 7.92. The number of ether oxygens (including phenoxy) is 2. The first-order valence-electron chi connectivity index (χ1n) is 16.8. The van der Waals surface area contributed by atoms with Gasteiger partial charge in [-0.15, -0.1) is 0 Å². The fraction of sp³-hybridized carbons (Fsp3) is 0.333. The number of nitrogens with zero attached hydrogens (tertiary/aromatic N) is 2. The molecule has 1 aliphatic carbocycles. The lowest BCUT2D eigenvalue weighted by Crippen LogP contribution is -2.55. The Morgan fingerprint density at radius 3 is 2.18 bits per heavy atom. The van der Waals surface area contributed by atoms with E-state index in [0.29, 0.717) is 5.75 Å². The zero-order valence-electron chi connectivity index (χ0n) is 28.7. The van der Waals surface area contributed by atoms with E-state index in [1.54, 1.807) is 36.4 Å². The van der Waals surface area contributed by atoms with Crippen LogP contribution in [0, 0.1) is 12.7 Å². The third-order valence-electron chi connectivity index (χ3n) is 9.06. The molecule has 0 radical (unpaired) electrons. The number of methoxy groups -OCH3 is 2. The van der Waals surface area contributed by atoms with Crippen LogP contribution in [-0.2, 0) is 32.6 Å². The molecule has 4 aromatic rings. The van der Waals surface area contributed by atoms with Crippen molar-refractivity contribution in [2.45, 2.75) is 69.0 Å². The fourth-order valence-electron chi connectivity index (χ4n) is 6.25. The number of aryl methyl sites for hydroxylation is 1. The molecule has 5 rings (SSSR count). The van der Waals surface area contributed by atoms with Crippen LogP contribution < -0.4 is 19.1 Å². The Labute approximate surface area is 294 Å². The molecule has 1 N–H and O–H groups in total. The molecule has 0 aliphatic heterocycles. The third kappa shape index (κ3) is 8.81. The van der Waals surface area contributed by atoms with E-state index in [2.05, 4.69) is 5.32 Å². The molecule has 4 aromatic carbocycles. The Morgan fingerprint density at radius 1 is 0.860 bits per heavy atom. The number of hydrogen-bond acceptors (Lipinski definition) is 6. The van der Waals surface area contributed by atoms with Crippen molar-refractivity contribution in [2.24, 2.45) is 0 Å². The quantitative estimate of drug-likeness (QED) is 0.162. The molecule has 11 heteroatoms. The van der Waals surface area contributed by atoms with E-state index in [1.807, 2.05) is 37.3 Å². The summed E-state index contributed by atoms with van der Waals surface area (Å²) in [7, 11) is -1.44. The van der Waals surface area contributed by atoms with Crippen LogP contribution in [0.15, 0.2) is 102 Å². The molecule has 1 atom stereocenters. The minimum Gasteiger partial charge on any atom is -0.493 e. The Bertz CT molecular complexity index is 1860. The van der Waals surface area contributed by atoms with E-state index in [-0.39, 0.29) is 46.8 Å². The highest BCUT2D eigenvalue weighted by Gasteiger charge is 2.36. The number of carbonyl (C=O) groups excluding carboxylic acids is 2. The zero-order chi connectivity index (χ0) is 35.7. The molecular formula is C39H44FN3O6S. The van der Waals surface area contributed by atoms with E-state index < -0.39 is 34.3 Å². The highest BCUT2D eigenvalue weighted by Crippen LogP contribution is 2.34. The molecule has 264 valence electrons. The summed E-state index contributed by atoms with van der Waals surface area (Å²) in [5.41, 5.74) is 2.00. The smallest absolute Gasteiger partial charge is 0.264 e. The second kappa shape index (κ2) is 16.7. The van der Waals surface area contributed by atoms with Gasteiger partial charge < -0.3 is 19.7 Å². The fourth-order valence-corrected chi connectivity index (χ4v) is 7.66. The summed E-state index contributed by atoms with van der Waals surface area (Å²) >= 11 is 0. The lowest BCUT2D eigenvalue weighted by atomic mass is 9.94. The zero-order valence-corrected chi connectivity index (χ0v) is 29.5. The van der Waals surface area contributed by atoms with Crippen LogP contribution in [0.1, 0.15) is 48.8 Å². The minimum absolute atomic E-state index is 0.0257. The molecule has 0 heterocycles. The number of hydrogen-bond donors (Lipinski definition) is 1. The van der Waals surface area contributed by atoms with Gasteiger partial charge in [-0.2, -0.15) is 0 Å². The molecule has 1 saturated carbocycles. The molecule has 9 nitrogen and oxygen atoms in total. The second-order valence-corrected chi connectivity index (χ2v) is 14.4. The Morgan fingerprint density at radius 2 is 1.52 bits per heavy atom. The van der Waals surface area contributed by atoms with Crippen molar-refractivity contribution in [3.63, 3.8) is 0 Å². The maximum absolute atomic E-state index is 15.2. The molecule has 2 amide bonds. The summed E-state index contributed by atoms with van der Waals surface area (Å²) in [6.45, 7) is 0.908. The molecule has 0 aromatic heterocycles. The van der Waals surface area contributed by atoms with Crippen LogP contribution in [0.5, 0.6) is 11.5 Å². The molecule has 1 aliphatic rings. The van der Waals surface area contributed by atoms with E-state index in [1.165, 1.54) is 49.5 Å². The second-order valence-electron chi connectivity index (χ2n) is 12.5. The molecule has 0 unspecified atom stereocenters. The summed E-state index contributed by atoms with van der Waals surface area (Å²) in [6, 6.07) is 25.1. The number of halogens is 1. The summed E-state index contributed by atoms with van der Waals surface area (Å²) in [5, 5.41) is 3.16. The number of nitrogens with one attached hydrogen (secondary N) is 1. The average Bonchev–Trinajstić information content (AvgIpc) is 3.13. The van der Waals surface area contributed by atoms with Crippen LogP contribution in [-0.4, -0.2) is 58.0 Å². The SMILES string of the molecule is COc1ccc(N(CC(=O)N(Cc2ccccc2F)[C@@H](Cc2ccccc2)C(=O)NC2CCCCC2)S(=O)(=O)c2ccc(C)cc2)cc1OC. The molecule has 0 bridgehead atoms. The first-order chi connectivity index (χ1) is 24.1. The first kappa shape index (κ1) is 36.4. The Kier molecular flexibility index (Phi) is 12.1. The largest absolute Gasteiger partial charge is 0.493 e. The Balaban J connectivity index is 1.60. The molecule has 0 spiro atoms. The highest BCUT2D eigenvalue weighted by atomic mass is 32.2. The van der Waals surface area contributed by atoms with Gasteiger partial charge in [0.25, 0.3) is 10.0 Å². The lowest BCUT2D eigenvalue weighted by Gasteiger charge is -2.35.